The Morgan fingerprint density at radius 1 is 1.17 bits per heavy atom. The molecule has 0 bridgehead atoms. The number of para-hydroxylation sites is 1. The van der Waals surface area contributed by atoms with Crippen molar-refractivity contribution in [1.82, 2.24) is 5.32 Å². The summed E-state index contributed by atoms with van der Waals surface area (Å²) in [4.78, 5) is 22.3. The molecule has 0 saturated carbocycles. The third kappa shape index (κ3) is 6.97. The Morgan fingerprint density at radius 2 is 1.80 bits per heavy atom. The monoisotopic (exact) mass is 436 g/mol. The van der Waals surface area contributed by atoms with Crippen molar-refractivity contribution in [3.05, 3.63) is 54.1 Å². The maximum atomic E-state index is 12.2. The van der Waals surface area contributed by atoms with Crippen molar-refractivity contribution in [2.24, 2.45) is 0 Å². The number of carbonyl (C=O) groups excluding carboxylic acids is 1. The van der Waals surface area contributed by atoms with Crippen LogP contribution in [-0.2, 0) is 30.0 Å². The minimum atomic E-state index is -3.44. The molecule has 0 aliphatic heterocycles. The van der Waals surface area contributed by atoms with Gasteiger partial charge in [-0.3, -0.25) is 9.52 Å². The van der Waals surface area contributed by atoms with Gasteiger partial charge < -0.3 is 5.32 Å². The van der Waals surface area contributed by atoms with Gasteiger partial charge in [0, 0.05) is 18.9 Å². The van der Waals surface area contributed by atoms with Crippen molar-refractivity contribution in [2.45, 2.75) is 58.2 Å². The lowest BCUT2D eigenvalue weighted by atomic mass is 9.74. The number of anilines is 1. The van der Waals surface area contributed by atoms with Gasteiger partial charge in [-0.2, -0.15) is 0 Å². The molecule has 0 aromatic heterocycles. The van der Waals surface area contributed by atoms with E-state index in [0.717, 1.165) is 5.56 Å². The lowest BCUT2D eigenvalue weighted by molar-refractivity contribution is -0.357. The summed E-state index contributed by atoms with van der Waals surface area (Å²) in [7, 11) is -3.44. The normalized spacial score (nSPS) is 21.4. The molecule has 1 aromatic carbocycles. The third-order valence-electron chi connectivity index (χ3n) is 4.56. The van der Waals surface area contributed by atoms with Crippen LogP contribution in [0.5, 0.6) is 0 Å². The van der Waals surface area contributed by atoms with E-state index in [1.54, 1.807) is 19.1 Å². The molecule has 1 aliphatic rings. The summed E-state index contributed by atoms with van der Waals surface area (Å²) in [6.45, 7) is 9.19. The summed E-state index contributed by atoms with van der Waals surface area (Å²) in [5, 5.41) is 2.82. The first-order valence-corrected chi connectivity index (χ1v) is 11.7. The van der Waals surface area contributed by atoms with Crippen LogP contribution in [0.2, 0.25) is 0 Å². The van der Waals surface area contributed by atoms with Crippen molar-refractivity contribution < 1.29 is 23.0 Å². The van der Waals surface area contributed by atoms with Crippen LogP contribution in [-0.4, -0.2) is 38.3 Å². The van der Waals surface area contributed by atoms with Gasteiger partial charge in [-0.25, -0.2) is 18.2 Å². The molecule has 0 heterocycles. The van der Waals surface area contributed by atoms with E-state index in [4.69, 9.17) is 9.78 Å². The van der Waals surface area contributed by atoms with E-state index < -0.39 is 21.0 Å². The molecule has 0 saturated heterocycles. The topological polar surface area (TPSA) is 93.7 Å². The molecule has 30 heavy (non-hydrogen) atoms. The second-order valence-corrected chi connectivity index (χ2v) is 10.3. The number of rotatable bonds is 9. The zero-order chi connectivity index (χ0) is 22.4. The molecule has 0 atom stereocenters. The molecule has 0 spiro atoms. The lowest BCUT2D eigenvalue weighted by Crippen LogP contribution is -2.33. The maximum Gasteiger partial charge on any atom is 0.232 e. The molecule has 0 fully saturated rings. The summed E-state index contributed by atoms with van der Waals surface area (Å²) >= 11 is 0. The molecular weight excluding hydrogens is 404 g/mol. The molecule has 2 rings (SSSR count). The molecule has 0 radical (unpaired) electrons. The molecule has 1 aliphatic carbocycles. The Hall–Kier alpha value is -2.16. The van der Waals surface area contributed by atoms with Gasteiger partial charge in [0.2, 0.25) is 15.9 Å². The molecule has 166 valence electrons. The molecule has 1 aromatic rings. The SMILES string of the molecule is CCS(=O)(=O)Nc1ccccc1C1(CCNC(C)=O)C=CC(OOC(C)(C)C)C=C1. The van der Waals surface area contributed by atoms with E-state index in [1.165, 1.54) is 6.92 Å². The highest BCUT2D eigenvalue weighted by Gasteiger charge is 2.32. The van der Waals surface area contributed by atoms with Crippen LogP contribution in [0, 0.1) is 0 Å². The minimum Gasteiger partial charge on any atom is -0.356 e. The van der Waals surface area contributed by atoms with Crippen LogP contribution in [0.3, 0.4) is 0 Å². The smallest absolute Gasteiger partial charge is 0.232 e. The van der Waals surface area contributed by atoms with Crippen molar-refractivity contribution in [3.63, 3.8) is 0 Å². The highest BCUT2D eigenvalue weighted by molar-refractivity contribution is 7.92. The zero-order valence-electron chi connectivity index (χ0n) is 18.3. The third-order valence-corrected chi connectivity index (χ3v) is 5.85. The average molecular weight is 437 g/mol. The fraction of sp³-hybridized carbons (Fsp3) is 0.500. The van der Waals surface area contributed by atoms with Crippen LogP contribution >= 0.6 is 0 Å². The van der Waals surface area contributed by atoms with Crippen LogP contribution in [0.25, 0.3) is 0 Å². The number of hydrogen-bond acceptors (Lipinski definition) is 5. The Kier molecular flexibility index (Phi) is 7.85. The standard InChI is InChI=1S/C22H32N2O5S/c1-6-30(26,27)24-20-10-8-7-9-19(20)22(15-16-23-17(2)25)13-11-18(12-14-22)28-29-21(3,4)5/h7-14,18,24H,6,15-16H2,1-5H3,(H,23,25). The number of allylic oxidation sites excluding steroid dienone is 2. The zero-order valence-corrected chi connectivity index (χ0v) is 19.1. The minimum absolute atomic E-state index is 0.0219. The largest absolute Gasteiger partial charge is 0.356 e. The highest BCUT2D eigenvalue weighted by atomic mass is 32.2. The van der Waals surface area contributed by atoms with Crippen LogP contribution in [0.1, 0.15) is 46.6 Å². The predicted octanol–water partition coefficient (Wildman–Crippen LogP) is 3.45. The second-order valence-electron chi connectivity index (χ2n) is 8.30. The van der Waals surface area contributed by atoms with E-state index in [2.05, 4.69) is 10.0 Å². The summed E-state index contributed by atoms with van der Waals surface area (Å²) in [6, 6.07) is 7.29. The van der Waals surface area contributed by atoms with Gasteiger partial charge in [-0.15, -0.1) is 0 Å². The van der Waals surface area contributed by atoms with E-state index in [9.17, 15) is 13.2 Å². The number of sulfonamides is 1. The van der Waals surface area contributed by atoms with Gasteiger partial charge in [-0.05, 0) is 45.7 Å². The molecule has 0 unspecified atom stereocenters. The number of benzene rings is 1. The summed E-state index contributed by atoms with van der Waals surface area (Å²) in [5.74, 6) is -0.139. The Labute approximate surface area is 179 Å². The predicted molar refractivity (Wildman–Crippen MR) is 118 cm³/mol. The number of amides is 1. The van der Waals surface area contributed by atoms with Gasteiger partial charge >= 0.3 is 0 Å². The molecular formula is C22H32N2O5S. The number of carbonyl (C=O) groups is 1. The molecule has 8 heteroatoms. The summed E-state index contributed by atoms with van der Waals surface area (Å²) < 4.78 is 27.1. The van der Waals surface area contributed by atoms with Crippen LogP contribution in [0.4, 0.5) is 5.69 Å². The fourth-order valence-electron chi connectivity index (χ4n) is 3.06. The van der Waals surface area contributed by atoms with E-state index >= 15 is 0 Å². The Bertz CT molecular complexity index is 886. The van der Waals surface area contributed by atoms with Gasteiger partial charge in [-0.1, -0.05) is 42.5 Å². The average Bonchev–Trinajstić information content (AvgIpc) is 2.66. The van der Waals surface area contributed by atoms with E-state index in [0.29, 0.717) is 18.7 Å². The quantitative estimate of drug-likeness (QED) is 0.351. The first kappa shape index (κ1) is 24.1. The van der Waals surface area contributed by atoms with Gasteiger partial charge in [0.15, 0.2) is 0 Å². The van der Waals surface area contributed by atoms with Crippen molar-refractivity contribution in [2.75, 3.05) is 17.0 Å². The molecule has 1 amide bonds. The van der Waals surface area contributed by atoms with Crippen molar-refractivity contribution in [1.29, 1.82) is 0 Å². The van der Waals surface area contributed by atoms with E-state index in [-0.39, 0.29) is 17.8 Å². The molecule has 2 N–H and O–H groups in total. The summed E-state index contributed by atoms with van der Waals surface area (Å²) in [6.07, 6.45) is 7.90. The first-order chi connectivity index (χ1) is 14.0. The van der Waals surface area contributed by atoms with Crippen LogP contribution < -0.4 is 10.0 Å². The fourth-order valence-corrected chi connectivity index (χ4v) is 3.72. The van der Waals surface area contributed by atoms with Crippen molar-refractivity contribution >= 4 is 21.6 Å². The maximum absolute atomic E-state index is 12.2. The van der Waals surface area contributed by atoms with E-state index in [1.807, 2.05) is 57.2 Å². The number of nitrogens with one attached hydrogen (secondary N) is 2. The first-order valence-electron chi connectivity index (χ1n) is 10.0. The van der Waals surface area contributed by atoms with Crippen molar-refractivity contribution in [3.8, 4) is 0 Å². The van der Waals surface area contributed by atoms with Gasteiger partial charge in [0.05, 0.1) is 17.0 Å². The highest BCUT2D eigenvalue weighted by Crippen LogP contribution is 2.39. The number of hydrogen-bond donors (Lipinski definition) is 2. The lowest BCUT2D eigenvalue weighted by Gasteiger charge is -2.33. The summed E-state index contributed by atoms with van der Waals surface area (Å²) in [5.41, 5.74) is 0.264. The van der Waals surface area contributed by atoms with Crippen LogP contribution in [0.15, 0.2) is 48.6 Å². The Morgan fingerprint density at radius 3 is 2.37 bits per heavy atom. The second kappa shape index (κ2) is 9.76. The Balaban J connectivity index is 2.36. The van der Waals surface area contributed by atoms with Gasteiger partial charge in [0.25, 0.3) is 0 Å². The van der Waals surface area contributed by atoms with Gasteiger partial charge in [0.1, 0.15) is 6.10 Å². The molecule has 7 nitrogen and oxygen atoms in total.